The largest absolute Gasteiger partial charge is 0.504 e. The van der Waals surface area contributed by atoms with Crippen LogP contribution in [0.3, 0.4) is 0 Å². The zero-order chi connectivity index (χ0) is 17.5. The van der Waals surface area contributed by atoms with Gasteiger partial charge in [-0.25, -0.2) is 0 Å². The molecule has 0 unspecified atom stereocenters. The van der Waals surface area contributed by atoms with Crippen LogP contribution in [0.4, 0.5) is 0 Å². The molecule has 2 aliphatic rings. The van der Waals surface area contributed by atoms with Crippen molar-refractivity contribution in [3.63, 3.8) is 0 Å². The van der Waals surface area contributed by atoms with Crippen molar-refractivity contribution in [2.45, 2.75) is 31.2 Å². The summed E-state index contributed by atoms with van der Waals surface area (Å²) in [5, 5.41) is 14.3. The molecule has 1 heterocycles. The fourth-order valence-electron chi connectivity index (χ4n) is 3.95. The highest BCUT2D eigenvalue weighted by Gasteiger charge is 2.47. The molecule has 0 spiro atoms. The molecule has 1 aliphatic heterocycles. The third-order valence-corrected chi connectivity index (χ3v) is 5.17. The SMILES string of the molecule is C=C1[C@H]2Cc3ccc(OC)c(O)c3[C@]1(/C=C(/OC)C(C)=O)CCN2. The van der Waals surface area contributed by atoms with Gasteiger partial charge in [0, 0.05) is 23.9 Å². The predicted molar refractivity (Wildman–Crippen MR) is 91.4 cm³/mol. The summed E-state index contributed by atoms with van der Waals surface area (Å²) in [6.45, 7) is 6.53. The summed E-state index contributed by atoms with van der Waals surface area (Å²) in [7, 11) is 3.02. The van der Waals surface area contributed by atoms with E-state index >= 15 is 0 Å². The summed E-state index contributed by atoms with van der Waals surface area (Å²) in [6, 6.07) is 3.86. The molecule has 3 rings (SSSR count). The number of fused-ring (bicyclic) bond motifs is 4. The lowest BCUT2D eigenvalue weighted by atomic mass is 9.61. The maximum Gasteiger partial charge on any atom is 0.193 e. The Balaban J connectivity index is 2.30. The number of phenolic OH excluding ortho intramolecular Hbond substituents is 1. The molecule has 5 nitrogen and oxygen atoms in total. The van der Waals surface area contributed by atoms with Crippen LogP contribution < -0.4 is 10.1 Å². The first kappa shape index (κ1) is 16.6. The zero-order valence-corrected chi connectivity index (χ0v) is 14.3. The summed E-state index contributed by atoms with van der Waals surface area (Å²) >= 11 is 0. The Bertz CT molecular complexity index is 737. The Hall–Kier alpha value is -2.27. The van der Waals surface area contributed by atoms with Gasteiger partial charge in [0.1, 0.15) is 0 Å². The number of ketones is 1. The lowest BCUT2D eigenvalue weighted by Crippen LogP contribution is -2.52. The number of carbonyl (C=O) groups excluding carboxylic acids is 1. The lowest BCUT2D eigenvalue weighted by Gasteiger charge is -2.47. The number of hydrogen-bond acceptors (Lipinski definition) is 5. The molecule has 0 radical (unpaired) electrons. The van der Waals surface area contributed by atoms with Crippen LogP contribution in [0.15, 0.2) is 36.1 Å². The molecule has 2 bridgehead atoms. The third-order valence-electron chi connectivity index (χ3n) is 5.17. The molecule has 1 aromatic rings. The Morgan fingerprint density at radius 3 is 2.83 bits per heavy atom. The van der Waals surface area contributed by atoms with Gasteiger partial charge in [-0.3, -0.25) is 4.79 Å². The number of benzene rings is 1. The van der Waals surface area contributed by atoms with E-state index in [1.807, 2.05) is 12.1 Å². The number of hydrogen-bond donors (Lipinski definition) is 2. The molecule has 128 valence electrons. The number of Topliss-reactive ketones (excluding diaryl/α,β-unsaturated/α-hetero) is 1. The average Bonchev–Trinajstić information content (AvgIpc) is 2.54. The Morgan fingerprint density at radius 1 is 1.46 bits per heavy atom. The van der Waals surface area contributed by atoms with Crippen molar-refractivity contribution in [3.05, 3.63) is 47.2 Å². The van der Waals surface area contributed by atoms with Gasteiger partial charge >= 0.3 is 0 Å². The van der Waals surface area contributed by atoms with Crippen molar-refractivity contribution >= 4 is 5.78 Å². The fourth-order valence-corrected chi connectivity index (χ4v) is 3.95. The van der Waals surface area contributed by atoms with E-state index in [0.29, 0.717) is 12.2 Å². The number of nitrogens with one attached hydrogen (secondary N) is 1. The maximum atomic E-state index is 11.9. The molecule has 1 saturated heterocycles. The van der Waals surface area contributed by atoms with E-state index in [1.165, 1.54) is 21.1 Å². The molecule has 0 aromatic heterocycles. The van der Waals surface area contributed by atoms with Crippen molar-refractivity contribution in [2.75, 3.05) is 20.8 Å². The van der Waals surface area contributed by atoms with Gasteiger partial charge in [-0.05, 0) is 42.7 Å². The van der Waals surface area contributed by atoms with Gasteiger partial charge in [0.25, 0.3) is 0 Å². The minimum atomic E-state index is -0.640. The van der Waals surface area contributed by atoms with Crippen LogP contribution in [0.25, 0.3) is 0 Å². The van der Waals surface area contributed by atoms with Crippen LogP contribution in [0.5, 0.6) is 11.5 Å². The van der Waals surface area contributed by atoms with Crippen LogP contribution >= 0.6 is 0 Å². The van der Waals surface area contributed by atoms with Gasteiger partial charge in [0.2, 0.25) is 0 Å². The van der Waals surface area contributed by atoms with Crippen LogP contribution in [0, 0.1) is 0 Å². The van der Waals surface area contributed by atoms with Crippen molar-refractivity contribution in [3.8, 4) is 11.5 Å². The number of phenols is 1. The van der Waals surface area contributed by atoms with E-state index in [1.54, 1.807) is 6.07 Å². The number of methoxy groups -OCH3 is 2. The fraction of sp³-hybridized carbons (Fsp3) is 0.421. The minimum Gasteiger partial charge on any atom is -0.504 e. The molecule has 1 aromatic carbocycles. The van der Waals surface area contributed by atoms with Crippen LogP contribution in [0.1, 0.15) is 24.5 Å². The van der Waals surface area contributed by atoms with E-state index in [9.17, 15) is 9.90 Å². The quantitative estimate of drug-likeness (QED) is 0.504. The molecule has 0 amide bonds. The van der Waals surface area contributed by atoms with Gasteiger partial charge in [-0.1, -0.05) is 12.6 Å². The number of aromatic hydroxyl groups is 1. The first-order valence-corrected chi connectivity index (χ1v) is 8.04. The Kier molecular flexibility index (Phi) is 4.13. The predicted octanol–water partition coefficient (Wildman–Crippen LogP) is 2.23. The summed E-state index contributed by atoms with van der Waals surface area (Å²) in [4.78, 5) is 11.9. The van der Waals surface area contributed by atoms with E-state index in [2.05, 4.69) is 11.9 Å². The molecule has 0 saturated carbocycles. The average molecular weight is 329 g/mol. The van der Waals surface area contributed by atoms with Gasteiger partial charge in [-0.15, -0.1) is 0 Å². The highest BCUT2D eigenvalue weighted by Crippen LogP contribution is 2.52. The first-order valence-electron chi connectivity index (χ1n) is 8.04. The summed E-state index contributed by atoms with van der Waals surface area (Å²) in [5.41, 5.74) is 2.12. The van der Waals surface area contributed by atoms with Crippen molar-refractivity contribution in [1.82, 2.24) is 5.32 Å². The number of ether oxygens (including phenoxy) is 2. The molecule has 2 N–H and O–H groups in total. The van der Waals surface area contributed by atoms with E-state index in [4.69, 9.17) is 9.47 Å². The van der Waals surface area contributed by atoms with E-state index in [-0.39, 0.29) is 23.3 Å². The van der Waals surface area contributed by atoms with Gasteiger partial charge < -0.3 is 19.9 Å². The normalized spacial score (nSPS) is 25.9. The number of piperidine rings is 1. The Morgan fingerprint density at radius 2 is 2.21 bits per heavy atom. The standard InChI is InChI=1S/C19H23NO4/c1-11-14-9-13-5-6-15(23-3)18(22)17(13)19(11,7-8-20-14)10-16(24-4)12(2)21/h5-6,10,14,20,22H,1,7-9H2,2-4H3/b16-10+/t14-,19+/m1/s1. The molecular weight excluding hydrogens is 306 g/mol. The zero-order valence-electron chi connectivity index (χ0n) is 14.3. The van der Waals surface area contributed by atoms with E-state index in [0.717, 1.165) is 29.7 Å². The minimum absolute atomic E-state index is 0.111. The summed E-state index contributed by atoms with van der Waals surface area (Å²) in [6.07, 6.45) is 3.27. The van der Waals surface area contributed by atoms with Gasteiger partial charge in [0.15, 0.2) is 23.0 Å². The second-order valence-corrected chi connectivity index (χ2v) is 6.38. The Labute approximate surface area is 142 Å². The van der Waals surface area contributed by atoms with Crippen molar-refractivity contribution < 1.29 is 19.4 Å². The molecule has 2 atom stereocenters. The van der Waals surface area contributed by atoms with Crippen molar-refractivity contribution in [2.24, 2.45) is 0 Å². The molecule has 24 heavy (non-hydrogen) atoms. The van der Waals surface area contributed by atoms with Crippen LogP contribution in [0.2, 0.25) is 0 Å². The molecule has 1 fully saturated rings. The molecular formula is C19H23NO4. The maximum absolute atomic E-state index is 11.9. The first-order chi connectivity index (χ1) is 11.4. The second kappa shape index (κ2) is 5.98. The van der Waals surface area contributed by atoms with Crippen molar-refractivity contribution in [1.29, 1.82) is 0 Å². The van der Waals surface area contributed by atoms with Gasteiger partial charge in [0.05, 0.1) is 14.2 Å². The lowest BCUT2D eigenvalue weighted by molar-refractivity contribution is -0.116. The smallest absolute Gasteiger partial charge is 0.193 e. The van der Waals surface area contributed by atoms with E-state index < -0.39 is 5.41 Å². The highest BCUT2D eigenvalue weighted by atomic mass is 16.5. The van der Waals surface area contributed by atoms with Crippen LogP contribution in [-0.2, 0) is 21.4 Å². The summed E-state index contributed by atoms with van der Waals surface area (Å²) < 4.78 is 10.6. The van der Waals surface area contributed by atoms with Crippen LogP contribution in [-0.4, -0.2) is 37.7 Å². The number of rotatable bonds is 4. The number of carbonyl (C=O) groups is 1. The third kappa shape index (κ3) is 2.31. The summed E-state index contributed by atoms with van der Waals surface area (Å²) in [5.74, 6) is 0.677. The molecule has 1 aliphatic carbocycles. The topological polar surface area (TPSA) is 67.8 Å². The van der Waals surface area contributed by atoms with Gasteiger partial charge in [-0.2, -0.15) is 0 Å². The molecule has 5 heteroatoms. The second-order valence-electron chi connectivity index (χ2n) is 6.38. The highest BCUT2D eigenvalue weighted by molar-refractivity contribution is 5.91. The monoisotopic (exact) mass is 329 g/mol. The number of allylic oxidation sites excluding steroid dienone is 2.